The van der Waals surface area contributed by atoms with Crippen molar-refractivity contribution in [2.75, 3.05) is 18.4 Å². The summed E-state index contributed by atoms with van der Waals surface area (Å²) < 4.78 is 0. The van der Waals surface area contributed by atoms with Gasteiger partial charge in [0.15, 0.2) is 0 Å². The smallest absolute Gasteiger partial charge is 0.243 e. The van der Waals surface area contributed by atoms with E-state index in [2.05, 4.69) is 34.0 Å². The lowest BCUT2D eigenvalue weighted by Gasteiger charge is -2.44. The fourth-order valence-electron chi connectivity index (χ4n) is 2.49. The van der Waals surface area contributed by atoms with Crippen molar-refractivity contribution in [2.24, 2.45) is 11.1 Å². The quantitative estimate of drug-likeness (QED) is 0.856. The summed E-state index contributed by atoms with van der Waals surface area (Å²) >= 11 is 0. The summed E-state index contributed by atoms with van der Waals surface area (Å²) in [7, 11) is 0. The molecule has 1 aromatic rings. The van der Waals surface area contributed by atoms with Gasteiger partial charge in [0, 0.05) is 31.5 Å². The van der Waals surface area contributed by atoms with Gasteiger partial charge in [-0.25, -0.2) is 9.97 Å². The maximum Gasteiger partial charge on any atom is 0.243 e. The van der Waals surface area contributed by atoms with Crippen LogP contribution in [0.15, 0.2) is 18.5 Å². The molecule has 0 radical (unpaired) electrons. The third-order valence-corrected chi connectivity index (χ3v) is 4.07. The van der Waals surface area contributed by atoms with Crippen LogP contribution in [0.4, 0.5) is 5.95 Å². The minimum absolute atomic E-state index is 0.0238. The number of hydrogen-bond donors (Lipinski definition) is 2. The lowest BCUT2D eigenvalue weighted by molar-refractivity contribution is -0.122. The molecular weight excluding hydrogens is 254 g/mol. The molecule has 1 aromatic heterocycles. The van der Waals surface area contributed by atoms with Gasteiger partial charge >= 0.3 is 0 Å². The first kappa shape index (κ1) is 14.9. The predicted molar refractivity (Wildman–Crippen MR) is 78.1 cm³/mol. The first-order valence-corrected chi connectivity index (χ1v) is 6.97. The number of piperidine rings is 1. The fourth-order valence-corrected chi connectivity index (χ4v) is 2.49. The monoisotopic (exact) mass is 277 g/mol. The Kier molecular flexibility index (Phi) is 4.35. The van der Waals surface area contributed by atoms with E-state index in [1.54, 1.807) is 18.5 Å². The molecule has 0 spiro atoms. The van der Waals surface area contributed by atoms with Gasteiger partial charge in [0.2, 0.25) is 11.9 Å². The second-order valence-electron chi connectivity index (χ2n) is 6.09. The van der Waals surface area contributed by atoms with Crippen LogP contribution in [0, 0.1) is 5.41 Å². The molecular formula is C14H23N5O. The molecule has 110 valence electrons. The number of carbonyl (C=O) groups is 1. The Morgan fingerprint density at radius 1 is 1.50 bits per heavy atom. The van der Waals surface area contributed by atoms with Crippen molar-refractivity contribution in [3.05, 3.63) is 18.5 Å². The van der Waals surface area contributed by atoms with Gasteiger partial charge in [-0.3, -0.25) is 15.0 Å². The molecule has 2 unspecified atom stereocenters. The molecule has 0 aromatic carbocycles. The third-order valence-electron chi connectivity index (χ3n) is 4.07. The number of nitrogens with zero attached hydrogens (tertiary/aromatic N) is 3. The Morgan fingerprint density at radius 3 is 2.75 bits per heavy atom. The van der Waals surface area contributed by atoms with E-state index >= 15 is 0 Å². The second kappa shape index (κ2) is 5.85. The average Bonchev–Trinajstić information content (AvgIpc) is 2.42. The lowest BCUT2D eigenvalue weighted by Crippen LogP contribution is -2.56. The maximum atomic E-state index is 12.2. The van der Waals surface area contributed by atoms with Crippen LogP contribution in [0.5, 0.6) is 0 Å². The number of rotatable bonds is 3. The molecule has 6 heteroatoms. The van der Waals surface area contributed by atoms with Gasteiger partial charge in [0.1, 0.15) is 0 Å². The maximum absolute atomic E-state index is 12.2. The Bertz CT molecular complexity index is 462. The normalized spacial score (nSPS) is 24.1. The van der Waals surface area contributed by atoms with Crippen molar-refractivity contribution in [3.8, 4) is 0 Å². The molecule has 2 rings (SSSR count). The Morgan fingerprint density at radius 2 is 2.15 bits per heavy atom. The van der Waals surface area contributed by atoms with Crippen molar-refractivity contribution < 1.29 is 4.79 Å². The average molecular weight is 277 g/mol. The molecule has 2 atom stereocenters. The summed E-state index contributed by atoms with van der Waals surface area (Å²) in [6.45, 7) is 7.86. The van der Waals surface area contributed by atoms with Crippen LogP contribution >= 0.6 is 0 Å². The van der Waals surface area contributed by atoms with E-state index in [1.165, 1.54) is 0 Å². The summed E-state index contributed by atoms with van der Waals surface area (Å²) in [6.07, 6.45) is 4.12. The van der Waals surface area contributed by atoms with Gasteiger partial charge in [0.25, 0.3) is 0 Å². The highest BCUT2D eigenvalue weighted by atomic mass is 16.2. The van der Waals surface area contributed by atoms with Gasteiger partial charge in [-0.05, 0) is 24.8 Å². The van der Waals surface area contributed by atoms with E-state index < -0.39 is 0 Å². The Labute approximate surface area is 119 Å². The van der Waals surface area contributed by atoms with Crippen molar-refractivity contribution >= 4 is 11.9 Å². The van der Waals surface area contributed by atoms with Crippen molar-refractivity contribution in [1.82, 2.24) is 14.9 Å². The molecule has 1 aliphatic heterocycles. The summed E-state index contributed by atoms with van der Waals surface area (Å²) in [5.74, 6) is 0.264. The molecule has 1 amide bonds. The van der Waals surface area contributed by atoms with Crippen LogP contribution in [0.1, 0.15) is 27.2 Å². The highest BCUT2D eigenvalue weighted by molar-refractivity contribution is 5.93. The molecule has 20 heavy (non-hydrogen) atoms. The van der Waals surface area contributed by atoms with Gasteiger partial charge < -0.3 is 5.73 Å². The third kappa shape index (κ3) is 3.32. The van der Waals surface area contributed by atoms with Crippen LogP contribution in [0.25, 0.3) is 0 Å². The van der Waals surface area contributed by atoms with Gasteiger partial charge in [-0.15, -0.1) is 0 Å². The Balaban J connectivity index is 1.97. The zero-order valence-electron chi connectivity index (χ0n) is 12.3. The summed E-state index contributed by atoms with van der Waals surface area (Å²) in [5, 5.41) is 2.74. The number of nitrogens with two attached hydrogens (primary N) is 1. The first-order valence-electron chi connectivity index (χ1n) is 6.97. The second-order valence-corrected chi connectivity index (χ2v) is 6.09. The number of carbonyl (C=O) groups excluding carboxylic acids is 1. The van der Waals surface area contributed by atoms with Crippen molar-refractivity contribution in [2.45, 2.75) is 39.3 Å². The number of aromatic nitrogens is 2. The fraction of sp³-hybridized carbons (Fsp3) is 0.643. The highest BCUT2D eigenvalue weighted by Crippen LogP contribution is 2.28. The zero-order chi connectivity index (χ0) is 14.8. The van der Waals surface area contributed by atoms with E-state index in [0.717, 1.165) is 19.5 Å². The standard InChI is InChI=1S/C14H23N5O/c1-10(12(20)18-13-16-6-4-7-17-13)19-8-5-11(15)14(2,3)9-19/h4,6-7,10-11H,5,8-9,15H2,1-3H3,(H,16,17,18,20). The summed E-state index contributed by atoms with van der Waals surface area (Å²) in [4.78, 5) is 22.4. The summed E-state index contributed by atoms with van der Waals surface area (Å²) in [6, 6.07) is 1.69. The molecule has 0 saturated carbocycles. The predicted octanol–water partition coefficient (Wildman–Crippen LogP) is 0.863. The van der Waals surface area contributed by atoms with E-state index in [1.807, 2.05) is 6.92 Å². The molecule has 3 N–H and O–H groups in total. The van der Waals surface area contributed by atoms with Crippen LogP contribution in [0.2, 0.25) is 0 Å². The minimum Gasteiger partial charge on any atom is -0.327 e. The van der Waals surface area contributed by atoms with E-state index in [4.69, 9.17) is 5.73 Å². The summed E-state index contributed by atoms with van der Waals surface area (Å²) in [5.41, 5.74) is 6.15. The number of nitrogens with one attached hydrogen (secondary N) is 1. The molecule has 0 bridgehead atoms. The van der Waals surface area contributed by atoms with Crippen LogP contribution in [-0.4, -0.2) is 45.9 Å². The van der Waals surface area contributed by atoms with Crippen LogP contribution in [-0.2, 0) is 4.79 Å². The topological polar surface area (TPSA) is 84.1 Å². The number of anilines is 1. The van der Waals surface area contributed by atoms with Crippen molar-refractivity contribution in [3.63, 3.8) is 0 Å². The van der Waals surface area contributed by atoms with E-state index in [9.17, 15) is 4.79 Å². The Hall–Kier alpha value is -1.53. The number of amides is 1. The molecule has 2 heterocycles. The number of hydrogen-bond acceptors (Lipinski definition) is 5. The zero-order valence-corrected chi connectivity index (χ0v) is 12.3. The van der Waals surface area contributed by atoms with E-state index in [-0.39, 0.29) is 23.4 Å². The minimum atomic E-state index is -0.217. The molecule has 6 nitrogen and oxygen atoms in total. The van der Waals surface area contributed by atoms with Gasteiger partial charge in [-0.1, -0.05) is 13.8 Å². The van der Waals surface area contributed by atoms with Gasteiger partial charge in [-0.2, -0.15) is 0 Å². The molecule has 1 saturated heterocycles. The number of likely N-dealkylation sites (tertiary alicyclic amines) is 1. The van der Waals surface area contributed by atoms with E-state index in [0.29, 0.717) is 5.95 Å². The van der Waals surface area contributed by atoms with Crippen molar-refractivity contribution in [1.29, 1.82) is 0 Å². The van der Waals surface area contributed by atoms with Gasteiger partial charge in [0.05, 0.1) is 6.04 Å². The molecule has 1 aliphatic rings. The molecule has 0 aliphatic carbocycles. The highest BCUT2D eigenvalue weighted by Gasteiger charge is 2.36. The molecule has 1 fully saturated rings. The lowest BCUT2D eigenvalue weighted by atomic mass is 9.79. The largest absolute Gasteiger partial charge is 0.327 e. The SMILES string of the molecule is CC(C(=O)Nc1ncccn1)N1CCC(N)C(C)(C)C1. The van der Waals surface area contributed by atoms with Crippen LogP contribution < -0.4 is 11.1 Å². The first-order chi connectivity index (χ1) is 9.40. The van der Waals surface area contributed by atoms with Crippen LogP contribution in [0.3, 0.4) is 0 Å².